The van der Waals surface area contributed by atoms with Gasteiger partial charge in [0.2, 0.25) is 5.90 Å². The fourth-order valence-electron chi connectivity index (χ4n) is 1.48. The molecule has 90 valence electrons. The van der Waals surface area contributed by atoms with Crippen LogP contribution in [0.25, 0.3) is 0 Å². The Morgan fingerprint density at radius 1 is 1.47 bits per heavy atom. The average Bonchev–Trinajstić information content (AvgIpc) is 2.75. The van der Waals surface area contributed by atoms with Gasteiger partial charge in [0.1, 0.15) is 12.3 Å². The van der Waals surface area contributed by atoms with E-state index in [0.29, 0.717) is 5.56 Å². The summed E-state index contributed by atoms with van der Waals surface area (Å²) in [6, 6.07) is 4.02. The lowest BCUT2D eigenvalue weighted by molar-refractivity contribution is -0.132. The SMILES string of the molecule is COc1cc(C2=NCC(=O)O2)ccc1C(F)F. The summed E-state index contributed by atoms with van der Waals surface area (Å²) in [5, 5.41) is 0. The van der Waals surface area contributed by atoms with E-state index >= 15 is 0 Å². The van der Waals surface area contributed by atoms with Crippen LogP contribution >= 0.6 is 0 Å². The molecule has 1 aliphatic rings. The molecule has 0 atom stereocenters. The summed E-state index contributed by atoms with van der Waals surface area (Å²) in [6.07, 6.45) is -2.62. The third kappa shape index (κ3) is 2.25. The molecule has 1 aromatic rings. The minimum Gasteiger partial charge on any atom is -0.496 e. The molecule has 2 rings (SSSR count). The lowest BCUT2D eigenvalue weighted by atomic mass is 10.1. The number of rotatable bonds is 3. The maximum atomic E-state index is 12.6. The summed E-state index contributed by atoms with van der Waals surface area (Å²) < 4.78 is 34.9. The van der Waals surface area contributed by atoms with Crippen molar-refractivity contribution in [2.24, 2.45) is 4.99 Å². The summed E-state index contributed by atoms with van der Waals surface area (Å²) in [7, 11) is 1.30. The lowest BCUT2D eigenvalue weighted by Crippen LogP contribution is -2.06. The van der Waals surface area contributed by atoms with E-state index in [-0.39, 0.29) is 23.8 Å². The Hall–Kier alpha value is -1.98. The minimum absolute atomic E-state index is 0.0446. The van der Waals surface area contributed by atoms with E-state index in [1.807, 2.05) is 0 Å². The molecule has 1 heterocycles. The molecular formula is C11H9F2NO3. The molecule has 0 spiro atoms. The molecule has 1 aliphatic heterocycles. The third-order valence-corrected chi connectivity index (χ3v) is 2.28. The number of nitrogens with zero attached hydrogens (tertiary/aromatic N) is 1. The second kappa shape index (κ2) is 4.48. The largest absolute Gasteiger partial charge is 0.496 e. The molecule has 0 saturated heterocycles. The Balaban J connectivity index is 2.35. The van der Waals surface area contributed by atoms with E-state index in [1.54, 1.807) is 0 Å². The third-order valence-electron chi connectivity index (χ3n) is 2.28. The molecule has 0 amide bonds. The summed E-state index contributed by atoms with van der Waals surface area (Å²) in [4.78, 5) is 14.7. The van der Waals surface area contributed by atoms with Gasteiger partial charge in [-0.25, -0.2) is 18.6 Å². The number of hydrogen-bond donors (Lipinski definition) is 0. The Bertz CT molecular complexity index is 486. The fourth-order valence-corrected chi connectivity index (χ4v) is 1.48. The Morgan fingerprint density at radius 3 is 2.76 bits per heavy atom. The molecule has 17 heavy (non-hydrogen) atoms. The van der Waals surface area contributed by atoms with Crippen LogP contribution in [0, 0.1) is 0 Å². The first-order valence-electron chi connectivity index (χ1n) is 4.83. The zero-order chi connectivity index (χ0) is 12.4. The number of carbonyl (C=O) groups excluding carboxylic acids is 1. The highest BCUT2D eigenvalue weighted by Crippen LogP contribution is 2.30. The molecular weight excluding hydrogens is 232 g/mol. The fraction of sp³-hybridized carbons (Fsp3) is 0.273. The van der Waals surface area contributed by atoms with Crippen LogP contribution in [-0.2, 0) is 9.53 Å². The maximum Gasteiger partial charge on any atom is 0.334 e. The number of carbonyl (C=O) groups is 1. The zero-order valence-electron chi connectivity index (χ0n) is 8.94. The van der Waals surface area contributed by atoms with Gasteiger partial charge < -0.3 is 9.47 Å². The normalized spacial score (nSPS) is 14.8. The average molecular weight is 241 g/mol. The second-order valence-electron chi connectivity index (χ2n) is 3.35. The summed E-state index contributed by atoms with van der Waals surface area (Å²) in [5.41, 5.74) is 0.235. The molecule has 0 N–H and O–H groups in total. The quantitative estimate of drug-likeness (QED) is 0.760. The van der Waals surface area contributed by atoms with Gasteiger partial charge in [-0.2, -0.15) is 0 Å². The van der Waals surface area contributed by atoms with Gasteiger partial charge >= 0.3 is 5.97 Å². The smallest absolute Gasteiger partial charge is 0.334 e. The van der Waals surface area contributed by atoms with E-state index in [0.717, 1.165) is 0 Å². The van der Waals surface area contributed by atoms with E-state index < -0.39 is 12.4 Å². The van der Waals surface area contributed by atoms with Gasteiger partial charge in [-0.05, 0) is 18.2 Å². The first kappa shape index (κ1) is 11.5. The first-order chi connectivity index (χ1) is 8.11. The van der Waals surface area contributed by atoms with Crippen molar-refractivity contribution in [3.63, 3.8) is 0 Å². The van der Waals surface area contributed by atoms with Crippen LogP contribution in [-0.4, -0.2) is 25.5 Å². The molecule has 0 unspecified atom stereocenters. The predicted octanol–water partition coefficient (Wildman–Crippen LogP) is 1.94. The van der Waals surface area contributed by atoms with Gasteiger partial charge in [-0.15, -0.1) is 0 Å². The number of aliphatic imine (C=N–C) groups is 1. The zero-order valence-corrected chi connectivity index (χ0v) is 8.94. The molecule has 0 radical (unpaired) electrons. The topological polar surface area (TPSA) is 47.9 Å². The minimum atomic E-state index is -2.62. The van der Waals surface area contributed by atoms with Crippen molar-refractivity contribution >= 4 is 11.9 Å². The van der Waals surface area contributed by atoms with Crippen molar-refractivity contribution in [2.45, 2.75) is 6.43 Å². The number of benzene rings is 1. The maximum absolute atomic E-state index is 12.6. The molecule has 4 nitrogen and oxygen atoms in total. The second-order valence-corrected chi connectivity index (χ2v) is 3.35. The Morgan fingerprint density at radius 2 is 2.24 bits per heavy atom. The highest BCUT2D eigenvalue weighted by Gasteiger charge is 2.21. The van der Waals surface area contributed by atoms with Crippen molar-refractivity contribution in [2.75, 3.05) is 13.7 Å². The highest BCUT2D eigenvalue weighted by atomic mass is 19.3. The molecule has 1 aromatic carbocycles. The van der Waals surface area contributed by atoms with Crippen LogP contribution in [0.5, 0.6) is 5.75 Å². The lowest BCUT2D eigenvalue weighted by Gasteiger charge is -2.09. The Kier molecular flexibility index (Phi) is 3.03. The van der Waals surface area contributed by atoms with Crippen LogP contribution in [0.1, 0.15) is 17.6 Å². The monoisotopic (exact) mass is 241 g/mol. The van der Waals surface area contributed by atoms with Crippen molar-refractivity contribution < 1.29 is 23.0 Å². The molecule has 0 fully saturated rings. The van der Waals surface area contributed by atoms with Crippen molar-refractivity contribution in [3.8, 4) is 5.75 Å². The van der Waals surface area contributed by atoms with Crippen LogP contribution in [0.4, 0.5) is 8.78 Å². The van der Waals surface area contributed by atoms with Crippen LogP contribution in [0.3, 0.4) is 0 Å². The number of ether oxygens (including phenoxy) is 2. The first-order valence-corrected chi connectivity index (χ1v) is 4.83. The van der Waals surface area contributed by atoms with Crippen LogP contribution < -0.4 is 4.74 Å². The molecule has 0 bridgehead atoms. The van der Waals surface area contributed by atoms with E-state index in [1.165, 1.54) is 25.3 Å². The van der Waals surface area contributed by atoms with Gasteiger partial charge in [0, 0.05) is 5.56 Å². The number of alkyl halides is 2. The molecule has 0 saturated carbocycles. The van der Waals surface area contributed by atoms with Crippen LogP contribution in [0.2, 0.25) is 0 Å². The van der Waals surface area contributed by atoms with Gasteiger partial charge in [0.25, 0.3) is 6.43 Å². The molecule has 6 heteroatoms. The number of cyclic esters (lactones) is 1. The van der Waals surface area contributed by atoms with Crippen LogP contribution in [0.15, 0.2) is 23.2 Å². The van der Waals surface area contributed by atoms with Crippen molar-refractivity contribution in [1.82, 2.24) is 0 Å². The van der Waals surface area contributed by atoms with Crippen molar-refractivity contribution in [1.29, 1.82) is 0 Å². The number of esters is 1. The number of methoxy groups -OCH3 is 1. The standard InChI is InChI=1S/C11H9F2NO3/c1-16-8-4-6(2-3-7(8)10(12)13)11-14-5-9(15)17-11/h2-4,10H,5H2,1H3. The predicted molar refractivity (Wildman–Crippen MR) is 55.4 cm³/mol. The molecule has 0 aromatic heterocycles. The highest BCUT2D eigenvalue weighted by molar-refractivity contribution is 6.05. The van der Waals surface area contributed by atoms with Gasteiger partial charge in [0.15, 0.2) is 0 Å². The molecule has 0 aliphatic carbocycles. The Labute approximate surface area is 95.9 Å². The number of hydrogen-bond acceptors (Lipinski definition) is 4. The summed E-state index contributed by atoms with van der Waals surface area (Å²) >= 11 is 0. The van der Waals surface area contributed by atoms with Gasteiger partial charge in [-0.3, -0.25) is 0 Å². The van der Waals surface area contributed by atoms with Gasteiger partial charge in [-0.1, -0.05) is 0 Å². The van der Waals surface area contributed by atoms with E-state index in [4.69, 9.17) is 9.47 Å². The number of halogens is 2. The van der Waals surface area contributed by atoms with Crippen molar-refractivity contribution in [3.05, 3.63) is 29.3 Å². The van der Waals surface area contributed by atoms with E-state index in [9.17, 15) is 13.6 Å². The van der Waals surface area contributed by atoms with Gasteiger partial charge in [0.05, 0.1) is 12.7 Å². The van der Waals surface area contributed by atoms with E-state index in [2.05, 4.69) is 4.99 Å². The summed E-state index contributed by atoms with van der Waals surface area (Å²) in [6.45, 7) is -0.0474. The summed E-state index contributed by atoms with van der Waals surface area (Å²) in [5.74, 6) is -0.283.